The van der Waals surface area contributed by atoms with Crippen LogP contribution >= 0.6 is 0 Å². The Morgan fingerprint density at radius 1 is 1.08 bits per heavy atom. The van der Waals surface area contributed by atoms with Crippen molar-refractivity contribution in [1.29, 1.82) is 0 Å². The van der Waals surface area contributed by atoms with Gasteiger partial charge >= 0.3 is 6.03 Å². The number of likely N-dealkylation sites (tertiary alicyclic amines) is 1. The number of urea groups is 1. The van der Waals surface area contributed by atoms with Crippen LogP contribution in [0.1, 0.15) is 36.0 Å². The highest BCUT2D eigenvalue weighted by Crippen LogP contribution is 2.38. The zero-order valence-corrected chi connectivity index (χ0v) is 20.5. The van der Waals surface area contributed by atoms with E-state index in [1.165, 1.54) is 17.0 Å². The molecule has 7 nitrogen and oxygen atoms in total. The van der Waals surface area contributed by atoms with Crippen LogP contribution in [0.25, 0.3) is 0 Å². The van der Waals surface area contributed by atoms with E-state index in [2.05, 4.69) is 5.32 Å². The fourth-order valence-electron chi connectivity index (χ4n) is 5.86. The van der Waals surface area contributed by atoms with Crippen LogP contribution in [0, 0.1) is 18.7 Å². The van der Waals surface area contributed by atoms with Gasteiger partial charge in [-0.05, 0) is 55.4 Å². The zero-order valence-electron chi connectivity index (χ0n) is 20.5. The first-order valence-corrected chi connectivity index (χ1v) is 12.7. The Morgan fingerprint density at radius 3 is 2.50 bits per heavy atom. The maximum Gasteiger partial charge on any atom is 0.325 e. The number of piperidine rings is 1. The monoisotopic (exact) mass is 493 g/mol. The number of imide groups is 1. The van der Waals surface area contributed by atoms with Crippen LogP contribution in [0.2, 0.25) is 0 Å². The van der Waals surface area contributed by atoms with Gasteiger partial charge in [-0.25, -0.2) is 9.18 Å². The number of amides is 4. The predicted octanol–water partition coefficient (Wildman–Crippen LogP) is 3.24. The largest absolute Gasteiger partial charge is 0.379 e. The van der Waals surface area contributed by atoms with E-state index in [4.69, 9.17) is 4.74 Å². The fraction of sp³-hybridized carbons (Fsp3) is 0.464. The summed E-state index contributed by atoms with van der Waals surface area (Å²) in [7, 11) is 0. The van der Waals surface area contributed by atoms with Crippen molar-refractivity contribution < 1.29 is 23.5 Å². The summed E-state index contributed by atoms with van der Waals surface area (Å²) < 4.78 is 19.0. The normalized spacial score (nSPS) is 24.9. The summed E-state index contributed by atoms with van der Waals surface area (Å²) in [6, 6.07) is 13.4. The molecule has 0 aliphatic carbocycles. The third kappa shape index (κ3) is 4.74. The molecule has 0 aromatic heterocycles. The van der Waals surface area contributed by atoms with Gasteiger partial charge in [0.1, 0.15) is 11.4 Å². The second kappa shape index (κ2) is 10.0. The van der Waals surface area contributed by atoms with Crippen molar-refractivity contribution in [2.24, 2.45) is 5.92 Å². The molecule has 8 heteroatoms. The van der Waals surface area contributed by atoms with Gasteiger partial charge in [0.05, 0.1) is 19.1 Å². The molecule has 0 unspecified atom stereocenters. The Bertz CT molecular complexity index is 1140. The molecule has 0 saturated carbocycles. The number of hydrogen-bond donors (Lipinski definition) is 1. The van der Waals surface area contributed by atoms with E-state index in [1.807, 2.05) is 36.1 Å². The van der Waals surface area contributed by atoms with Gasteiger partial charge < -0.3 is 15.0 Å². The number of aryl methyl sites for hydroxylation is 1. The molecule has 3 aliphatic rings. The topological polar surface area (TPSA) is 79.0 Å². The van der Waals surface area contributed by atoms with E-state index in [0.29, 0.717) is 52.0 Å². The van der Waals surface area contributed by atoms with Crippen molar-refractivity contribution in [2.45, 2.75) is 50.6 Å². The number of halogens is 1. The first kappa shape index (κ1) is 24.4. The number of benzene rings is 2. The molecule has 190 valence electrons. The van der Waals surface area contributed by atoms with E-state index in [0.717, 1.165) is 16.7 Å². The molecule has 3 fully saturated rings. The third-order valence-electron chi connectivity index (χ3n) is 7.80. The average molecular weight is 494 g/mol. The summed E-state index contributed by atoms with van der Waals surface area (Å²) in [4.78, 5) is 43.2. The fourth-order valence-corrected chi connectivity index (χ4v) is 5.86. The van der Waals surface area contributed by atoms with E-state index >= 15 is 0 Å². The summed E-state index contributed by atoms with van der Waals surface area (Å²) in [5, 5.41) is 3.05. The number of hydrogen-bond acceptors (Lipinski definition) is 4. The lowest BCUT2D eigenvalue weighted by Gasteiger charge is -2.41. The lowest BCUT2D eigenvalue weighted by Crippen LogP contribution is -2.58. The van der Waals surface area contributed by atoms with E-state index in [1.54, 1.807) is 12.1 Å². The molecule has 2 atom stereocenters. The van der Waals surface area contributed by atoms with Crippen LogP contribution in [0.5, 0.6) is 0 Å². The van der Waals surface area contributed by atoms with E-state index in [-0.39, 0.29) is 36.0 Å². The number of rotatable bonds is 6. The summed E-state index contributed by atoms with van der Waals surface area (Å²) in [5.74, 6) is -0.663. The highest BCUT2D eigenvalue weighted by Gasteiger charge is 2.57. The maximum absolute atomic E-state index is 13.9. The minimum absolute atomic E-state index is 0.0677. The number of nitrogens with one attached hydrogen (secondary N) is 1. The molecule has 5 rings (SSSR count). The average Bonchev–Trinajstić information content (AvgIpc) is 3.47. The SMILES string of the molecule is Cc1cccc(CC(=O)N2CCC([C@]3(Cc4ccc(F)cc4)NC(=O)N([C@@H]4CCOC4)C3=O)CC2)c1. The van der Waals surface area contributed by atoms with E-state index < -0.39 is 11.6 Å². The number of carbonyl (C=O) groups is 3. The van der Waals surface area contributed by atoms with Crippen molar-refractivity contribution in [3.8, 4) is 0 Å². The Morgan fingerprint density at radius 2 is 1.83 bits per heavy atom. The Balaban J connectivity index is 1.34. The third-order valence-corrected chi connectivity index (χ3v) is 7.80. The van der Waals surface area contributed by atoms with Crippen molar-refractivity contribution in [3.05, 3.63) is 71.0 Å². The van der Waals surface area contributed by atoms with Gasteiger partial charge in [-0.15, -0.1) is 0 Å². The molecule has 0 spiro atoms. The highest BCUT2D eigenvalue weighted by molar-refractivity contribution is 6.07. The predicted molar refractivity (Wildman–Crippen MR) is 132 cm³/mol. The molecular formula is C28H32FN3O4. The summed E-state index contributed by atoms with van der Waals surface area (Å²) in [6.45, 7) is 3.92. The van der Waals surface area contributed by atoms with Gasteiger partial charge in [0.25, 0.3) is 5.91 Å². The molecule has 3 heterocycles. The highest BCUT2D eigenvalue weighted by atomic mass is 19.1. The van der Waals surface area contributed by atoms with Crippen LogP contribution in [-0.4, -0.2) is 65.5 Å². The molecule has 4 amide bonds. The zero-order chi connectivity index (χ0) is 25.3. The molecular weight excluding hydrogens is 461 g/mol. The quantitative estimate of drug-likeness (QED) is 0.627. The van der Waals surface area contributed by atoms with Gasteiger partial charge in [-0.2, -0.15) is 0 Å². The molecule has 3 aliphatic heterocycles. The number of ether oxygens (including phenoxy) is 1. The smallest absolute Gasteiger partial charge is 0.325 e. The lowest BCUT2D eigenvalue weighted by molar-refractivity contribution is -0.137. The molecule has 1 N–H and O–H groups in total. The molecule has 3 saturated heterocycles. The Kier molecular flexibility index (Phi) is 6.79. The van der Waals surface area contributed by atoms with Gasteiger partial charge in [-0.1, -0.05) is 42.0 Å². The minimum atomic E-state index is -1.12. The van der Waals surface area contributed by atoms with Crippen molar-refractivity contribution in [1.82, 2.24) is 15.1 Å². The Hall–Kier alpha value is -3.26. The van der Waals surface area contributed by atoms with Gasteiger partial charge in [0.15, 0.2) is 0 Å². The van der Waals surface area contributed by atoms with Crippen LogP contribution in [-0.2, 0) is 27.2 Å². The molecule has 36 heavy (non-hydrogen) atoms. The van der Waals surface area contributed by atoms with Gasteiger partial charge in [-0.3, -0.25) is 14.5 Å². The van der Waals surface area contributed by atoms with Crippen molar-refractivity contribution in [3.63, 3.8) is 0 Å². The summed E-state index contributed by atoms with van der Waals surface area (Å²) in [5.41, 5.74) is 1.77. The van der Waals surface area contributed by atoms with Crippen LogP contribution in [0.15, 0.2) is 48.5 Å². The van der Waals surface area contributed by atoms with Crippen molar-refractivity contribution >= 4 is 17.8 Å². The Labute approximate surface area is 210 Å². The van der Waals surface area contributed by atoms with Crippen LogP contribution in [0.3, 0.4) is 0 Å². The molecule has 2 aromatic carbocycles. The van der Waals surface area contributed by atoms with Gasteiger partial charge in [0, 0.05) is 26.1 Å². The first-order valence-electron chi connectivity index (χ1n) is 12.7. The van der Waals surface area contributed by atoms with Crippen LogP contribution in [0.4, 0.5) is 9.18 Å². The van der Waals surface area contributed by atoms with Crippen LogP contribution < -0.4 is 5.32 Å². The van der Waals surface area contributed by atoms with Gasteiger partial charge in [0.2, 0.25) is 5.91 Å². The van der Waals surface area contributed by atoms with Crippen molar-refractivity contribution in [2.75, 3.05) is 26.3 Å². The second-order valence-electron chi connectivity index (χ2n) is 10.2. The minimum Gasteiger partial charge on any atom is -0.379 e. The standard InChI is InChI=1S/C28H32FN3O4/c1-19-3-2-4-21(15-19)16-25(33)31-12-9-22(10-13-31)28(17-20-5-7-23(29)8-6-20)26(34)32(27(35)30-28)24-11-14-36-18-24/h2-8,15,22,24H,9-14,16-18H2,1H3,(H,30,35)/t24-,28+/m1/s1. The lowest BCUT2D eigenvalue weighted by atomic mass is 9.73. The molecule has 2 aromatic rings. The summed E-state index contributed by atoms with van der Waals surface area (Å²) in [6.07, 6.45) is 2.45. The first-order chi connectivity index (χ1) is 17.4. The molecule has 0 bridgehead atoms. The maximum atomic E-state index is 13.9. The number of carbonyl (C=O) groups excluding carboxylic acids is 3. The van der Waals surface area contributed by atoms with E-state index in [9.17, 15) is 18.8 Å². The molecule has 0 radical (unpaired) electrons. The number of nitrogens with zero attached hydrogens (tertiary/aromatic N) is 2. The second-order valence-corrected chi connectivity index (χ2v) is 10.2. The summed E-state index contributed by atoms with van der Waals surface area (Å²) >= 11 is 0.